The Labute approximate surface area is 228 Å². The average molecular weight is 541 g/mol. The molecule has 38 heavy (non-hydrogen) atoms. The quantitative estimate of drug-likeness (QED) is 0.295. The summed E-state index contributed by atoms with van der Waals surface area (Å²) in [6.07, 6.45) is 6.34. The van der Waals surface area contributed by atoms with Gasteiger partial charge in [-0.2, -0.15) is 4.98 Å². The van der Waals surface area contributed by atoms with Crippen molar-refractivity contribution in [2.45, 2.75) is 103 Å². The molecule has 5 rings (SSSR count). The summed E-state index contributed by atoms with van der Waals surface area (Å²) >= 11 is 1.56. The molecule has 3 aromatic rings. The van der Waals surface area contributed by atoms with Gasteiger partial charge < -0.3 is 26.0 Å². The van der Waals surface area contributed by atoms with Crippen LogP contribution >= 0.6 is 11.3 Å². The van der Waals surface area contributed by atoms with Crippen molar-refractivity contribution in [3.8, 4) is 10.6 Å². The molecule has 2 saturated carbocycles. The Morgan fingerprint density at radius 1 is 1.03 bits per heavy atom. The fraction of sp³-hybridized carbons (Fsp3) is 0.643. The number of aliphatic hydroxyl groups excluding tert-OH is 2. The first-order valence-electron chi connectivity index (χ1n) is 13.8. The molecule has 3 heterocycles. The molecule has 2 aliphatic rings. The van der Waals surface area contributed by atoms with Crippen LogP contribution in [-0.2, 0) is 0 Å². The van der Waals surface area contributed by atoms with Gasteiger partial charge in [0.25, 0.3) is 0 Å². The van der Waals surface area contributed by atoms with Gasteiger partial charge in [-0.1, -0.05) is 19.3 Å². The van der Waals surface area contributed by atoms with Gasteiger partial charge in [0.2, 0.25) is 5.95 Å². The van der Waals surface area contributed by atoms with E-state index in [1.165, 1.54) is 32.1 Å². The summed E-state index contributed by atoms with van der Waals surface area (Å²) in [5.41, 5.74) is 2.14. The highest BCUT2D eigenvalue weighted by atomic mass is 32.1. The monoisotopic (exact) mass is 540 g/mol. The van der Waals surface area contributed by atoms with Crippen LogP contribution < -0.4 is 10.6 Å². The van der Waals surface area contributed by atoms with Crippen molar-refractivity contribution < 1.29 is 15.3 Å². The number of nitrogens with one attached hydrogen (secondary N) is 2. The highest BCUT2D eigenvalue weighted by Crippen LogP contribution is 2.40. The molecule has 0 bridgehead atoms. The van der Waals surface area contributed by atoms with E-state index in [0.29, 0.717) is 24.1 Å². The second kappa shape index (κ2) is 10.6. The maximum absolute atomic E-state index is 10.9. The molecule has 0 aliphatic heterocycles. The van der Waals surface area contributed by atoms with E-state index in [1.807, 2.05) is 19.9 Å². The molecule has 5 atom stereocenters. The van der Waals surface area contributed by atoms with Crippen LogP contribution in [0.2, 0.25) is 0 Å². The highest BCUT2D eigenvalue weighted by Gasteiger charge is 2.48. The number of aromatic nitrogens is 4. The summed E-state index contributed by atoms with van der Waals surface area (Å²) in [7, 11) is 0. The molecule has 1 unspecified atom stereocenters. The molecular weight excluding hydrogens is 500 g/mol. The molecule has 3 aromatic heterocycles. The van der Waals surface area contributed by atoms with Crippen LogP contribution in [0.15, 0.2) is 12.3 Å². The number of aliphatic hydroxyl groups is 3. The van der Waals surface area contributed by atoms with Crippen LogP contribution in [0.4, 0.5) is 11.8 Å². The second-order valence-corrected chi connectivity index (χ2v) is 12.7. The molecule has 206 valence electrons. The first-order chi connectivity index (χ1) is 18.0. The van der Waals surface area contributed by atoms with Gasteiger partial charge in [0.1, 0.15) is 22.4 Å². The zero-order valence-electron chi connectivity index (χ0n) is 22.9. The van der Waals surface area contributed by atoms with E-state index in [4.69, 9.17) is 15.0 Å². The Bertz CT molecular complexity index is 1290. The molecule has 0 radical (unpaired) electrons. The maximum atomic E-state index is 10.9. The van der Waals surface area contributed by atoms with E-state index in [2.05, 4.69) is 22.5 Å². The molecule has 2 aliphatic carbocycles. The Morgan fingerprint density at radius 3 is 2.42 bits per heavy atom. The van der Waals surface area contributed by atoms with Crippen LogP contribution in [0.3, 0.4) is 0 Å². The smallest absolute Gasteiger partial charge is 0.225 e. The highest BCUT2D eigenvalue weighted by molar-refractivity contribution is 7.21. The number of anilines is 2. The van der Waals surface area contributed by atoms with Gasteiger partial charge in [-0.3, -0.25) is 4.98 Å². The van der Waals surface area contributed by atoms with Crippen LogP contribution in [0.1, 0.15) is 70.7 Å². The van der Waals surface area contributed by atoms with Crippen molar-refractivity contribution in [1.82, 2.24) is 19.9 Å². The number of thiazole rings is 1. The minimum absolute atomic E-state index is 0.239. The molecule has 0 aromatic carbocycles. The Balaban J connectivity index is 1.52. The first kappa shape index (κ1) is 27.2. The van der Waals surface area contributed by atoms with Crippen molar-refractivity contribution in [2.75, 3.05) is 10.6 Å². The number of pyridine rings is 1. The van der Waals surface area contributed by atoms with E-state index in [9.17, 15) is 15.3 Å². The van der Waals surface area contributed by atoms with E-state index in [1.54, 1.807) is 31.4 Å². The van der Waals surface area contributed by atoms with Crippen LogP contribution in [0, 0.1) is 25.7 Å². The third kappa shape index (κ3) is 5.36. The van der Waals surface area contributed by atoms with Gasteiger partial charge in [0.15, 0.2) is 0 Å². The van der Waals surface area contributed by atoms with Gasteiger partial charge in [0, 0.05) is 18.2 Å². The maximum Gasteiger partial charge on any atom is 0.225 e. The van der Waals surface area contributed by atoms with Crippen molar-refractivity contribution in [3.63, 3.8) is 0 Å². The molecule has 0 saturated heterocycles. The van der Waals surface area contributed by atoms with Gasteiger partial charge in [-0.05, 0) is 65.9 Å². The van der Waals surface area contributed by atoms with Gasteiger partial charge in [-0.25, -0.2) is 9.97 Å². The van der Waals surface area contributed by atoms with Crippen molar-refractivity contribution in [2.24, 2.45) is 11.8 Å². The minimum atomic E-state index is -1.12. The lowest BCUT2D eigenvalue weighted by molar-refractivity contribution is -0.0601. The summed E-state index contributed by atoms with van der Waals surface area (Å²) in [4.78, 5) is 19.0. The standard InChI is InChI=1S/C28H40N6O3S/c1-14(17-9-7-6-8-10-17)30-27-31-15(2)21(26-33-22-16(3)29-12-11-20(22)38-26)25(34-27)32-19-13-18(28(4,5)37)23(35)24(19)36/h11-12,14,17-19,23-24,35-37H,6-10,13H2,1-5H3,(H2,30,31,32,34)/t14-,18+,19?,23-,24+/m1/s1. The molecule has 2 fully saturated rings. The molecule has 10 heteroatoms. The SMILES string of the molecule is Cc1nc(N[C@H](C)C2CCCCC2)nc(NC2C[C@H](C(C)(C)O)[C@@H](O)[C@H]2O)c1-c1nc2c(C)nccc2s1. The van der Waals surface area contributed by atoms with E-state index in [0.717, 1.165) is 32.2 Å². The largest absolute Gasteiger partial charge is 0.390 e. The van der Waals surface area contributed by atoms with Crippen molar-refractivity contribution in [3.05, 3.63) is 23.7 Å². The van der Waals surface area contributed by atoms with Gasteiger partial charge >= 0.3 is 0 Å². The third-order valence-electron chi connectivity index (χ3n) is 8.42. The van der Waals surface area contributed by atoms with Crippen LogP contribution in [0.5, 0.6) is 0 Å². The van der Waals surface area contributed by atoms with E-state index >= 15 is 0 Å². The van der Waals surface area contributed by atoms with E-state index < -0.39 is 29.8 Å². The Hall–Kier alpha value is -2.40. The number of rotatable bonds is 7. The number of fused-ring (bicyclic) bond motifs is 1. The lowest BCUT2D eigenvalue weighted by Crippen LogP contribution is -2.40. The number of nitrogens with zero attached hydrogens (tertiary/aromatic N) is 4. The van der Waals surface area contributed by atoms with Crippen molar-refractivity contribution >= 4 is 33.3 Å². The zero-order chi connectivity index (χ0) is 27.2. The molecule has 0 amide bonds. The number of hydrogen-bond acceptors (Lipinski definition) is 10. The minimum Gasteiger partial charge on any atom is -0.390 e. The Kier molecular flexibility index (Phi) is 7.61. The summed E-state index contributed by atoms with van der Waals surface area (Å²) < 4.78 is 1.03. The second-order valence-electron chi connectivity index (χ2n) is 11.7. The van der Waals surface area contributed by atoms with E-state index in [-0.39, 0.29) is 6.04 Å². The molecule has 5 N–H and O–H groups in total. The topological polar surface area (TPSA) is 136 Å². The predicted molar refractivity (Wildman–Crippen MR) is 151 cm³/mol. The Morgan fingerprint density at radius 2 is 1.76 bits per heavy atom. The fourth-order valence-corrected chi connectivity index (χ4v) is 7.21. The van der Waals surface area contributed by atoms with Gasteiger partial charge in [0.05, 0.1) is 39.4 Å². The summed E-state index contributed by atoms with van der Waals surface area (Å²) in [6, 6.07) is 1.71. The van der Waals surface area contributed by atoms with Crippen LogP contribution in [0.25, 0.3) is 20.8 Å². The third-order valence-corrected chi connectivity index (χ3v) is 9.46. The molecule has 9 nitrogen and oxygen atoms in total. The average Bonchev–Trinajstić information content (AvgIpc) is 3.42. The number of hydrogen-bond donors (Lipinski definition) is 5. The zero-order valence-corrected chi connectivity index (χ0v) is 23.7. The molecule has 0 spiro atoms. The molecular formula is C28H40N6O3S. The van der Waals surface area contributed by atoms with Gasteiger partial charge in [-0.15, -0.1) is 11.3 Å². The lowest BCUT2D eigenvalue weighted by Gasteiger charge is -2.29. The first-order valence-corrected chi connectivity index (χ1v) is 14.6. The van der Waals surface area contributed by atoms with Crippen molar-refractivity contribution in [1.29, 1.82) is 0 Å². The summed E-state index contributed by atoms with van der Waals surface area (Å²) in [5.74, 6) is 1.22. The normalized spacial score (nSPS) is 25.6. The fourth-order valence-electron chi connectivity index (χ4n) is 6.10. The summed E-state index contributed by atoms with van der Waals surface area (Å²) in [6.45, 7) is 9.44. The number of aryl methyl sites for hydroxylation is 2. The van der Waals surface area contributed by atoms with Crippen LogP contribution in [-0.4, -0.2) is 65.1 Å². The summed E-state index contributed by atoms with van der Waals surface area (Å²) in [5, 5.41) is 40.0. The lowest BCUT2D eigenvalue weighted by atomic mass is 9.85. The predicted octanol–water partition coefficient (Wildman–Crippen LogP) is 4.44.